The van der Waals surface area contributed by atoms with Gasteiger partial charge in [0.05, 0.1) is 26.4 Å². The lowest BCUT2D eigenvalue weighted by molar-refractivity contribution is 0.0859. The van der Waals surface area contributed by atoms with E-state index in [1.54, 1.807) is 7.05 Å². The van der Waals surface area contributed by atoms with Crippen LogP contribution in [0, 0.1) is 6.92 Å². The predicted molar refractivity (Wildman–Crippen MR) is 99.0 cm³/mol. The second-order valence-corrected chi connectivity index (χ2v) is 6.15. The van der Waals surface area contributed by atoms with Crippen LogP contribution in [0.5, 0.6) is 6.01 Å². The third-order valence-electron chi connectivity index (χ3n) is 4.11. The minimum atomic E-state index is -0.489. The van der Waals surface area contributed by atoms with Gasteiger partial charge in [-0.25, -0.2) is 4.79 Å². The molecule has 0 fully saturated rings. The Morgan fingerprint density at radius 2 is 2.07 bits per heavy atom. The molecular formula is C18H22N4O5. The zero-order chi connectivity index (χ0) is 19.4. The minimum Gasteiger partial charge on any atom is -0.460 e. The summed E-state index contributed by atoms with van der Waals surface area (Å²) in [5.74, 6) is 0. The highest BCUT2D eigenvalue weighted by molar-refractivity contribution is 5.70. The average Bonchev–Trinajstić information content (AvgIpc) is 3.09. The molecule has 1 aromatic carbocycles. The number of aromatic nitrogens is 4. The molecule has 0 aliphatic carbocycles. The minimum absolute atomic E-state index is 0.0833. The second kappa shape index (κ2) is 8.19. The van der Waals surface area contributed by atoms with Crippen molar-refractivity contribution in [3.63, 3.8) is 0 Å². The molecule has 2 aromatic heterocycles. The Labute approximate surface area is 154 Å². The van der Waals surface area contributed by atoms with E-state index in [2.05, 4.69) is 9.97 Å². The van der Waals surface area contributed by atoms with Gasteiger partial charge in [-0.3, -0.25) is 13.9 Å². The zero-order valence-electron chi connectivity index (χ0n) is 15.3. The summed E-state index contributed by atoms with van der Waals surface area (Å²) in [6, 6.07) is 8.04. The van der Waals surface area contributed by atoms with E-state index in [1.807, 2.05) is 31.2 Å². The first-order valence-electron chi connectivity index (χ1n) is 8.57. The fourth-order valence-corrected chi connectivity index (χ4v) is 2.77. The Kier molecular flexibility index (Phi) is 5.72. The van der Waals surface area contributed by atoms with Crippen molar-refractivity contribution in [2.75, 3.05) is 19.8 Å². The summed E-state index contributed by atoms with van der Waals surface area (Å²) in [6.45, 7) is 2.55. The molecular weight excluding hydrogens is 352 g/mol. The molecule has 9 heteroatoms. The van der Waals surface area contributed by atoms with Crippen molar-refractivity contribution in [1.82, 2.24) is 19.1 Å². The molecule has 0 aliphatic rings. The number of benzene rings is 1. The number of hydrogen-bond donors (Lipinski definition) is 2. The molecule has 0 radical (unpaired) electrons. The lowest BCUT2D eigenvalue weighted by Crippen LogP contribution is -2.40. The summed E-state index contributed by atoms with van der Waals surface area (Å²) < 4.78 is 13.2. The van der Waals surface area contributed by atoms with E-state index in [0.717, 1.165) is 15.7 Å². The summed E-state index contributed by atoms with van der Waals surface area (Å²) >= 11 is 0. The second-order valence-electron chi connectivity index (χ2n) is 6.15. The summed E-state index contributed by atoms with van der Waals surface area (Å²) in [4.78, 5) is 32.1. The molecule has 3 aromatic rings. The number of rotatable bonds is 8. The maximum atomic E-state index is 12.6. The molecule has 0 amide bonds. The van der Waals surface area contributed by atoms with Crippen LogP contribution in [0.1, 0.15) is 11.1 Å². The Hall–Kier alpha value is -2.91. The third kappa shape index (κ3) is 4.09. The molecule has 2 N–H and O–H groups in total. The van der Waals surface area contributed by atoms with Gasteiger partial charge in [0, 0.05) is 7.05 Å². The van der Waals surface area contributed by atoms with Gasteiger partial charge >= 0.3 is 5.69 Å². The first-order chi connectivity index (χ1) is 13.0. The lowest BCUT2D eigenvalue weighted by atomic mass is 10.1. The first kappa shape index (κ1) is 18.9. The number of nitrogens with zero attached hydrogens (tertiary/aromatic N) is 3. The number of H-pyrrole nitrogens is 1. The van der Waals surface area contributed by atoms with E-state index in [1.165, 1.54) is 4.57 Å². The maximum Gasteiger partial charge on any atom is 0.332 e. The summed E-state index contributed by atoms with van der Waals surface area (Å²) in [5, 5.41) is 8.72. The van der Waals surface area contributed by atoms with Gasteiger partial charge in [0.1, 0.15) is 6.61 Å². The van der Waals surface area contributed by atoms with Gasteiger partial charge in [-0.2, -0.15) is 4.98 Å². The molecule has 0 saturated heterocycles. The molecule has 144 valence electrons. The van der Waals surface area contributed by atoms with Gasteiger partial charge in [-0.05, 0) is 12.5 Å². The van der Waals surface area contributed by atoms with Gasteiger partial charge in [-0.15, -0.1) is 0 Å². The first-order valence-corrected chi connectivity index (χ1v) is 8.57. The highest BCUT2D eigenvalue weighted by Crippen LogP contribution is 2.13. The third-order valence-corrected chi connectivity index (χ3v) is 4.11. The van der Waals surface area contributed by atoms with Gasteiger partial charge in [0.2, 0.25) is 0 Å². The predicted octanol–water partition coefficient (Wildman–Crippen LogP) is 0.320. The van der Waals surface area contributed by atoms with Crippen molar-refractivity contribution in [1.29, 1.82) is 0 Å². The molecule has 9 nitrogen and oxygen atoms in total. The number of nitrogens with one attached hydrogen (secondary N) is 1. The van der Waals surface area contributed by atoms with Gasteiger partial charge in [-0.1, -0.05) is 29.8 Å². The maximum absolute atomic E-state index is 12.6. The van der Waals surface area contributed by atoms with Crippen LogP contribution in [-0.4, -0.2) is 44.0 Å². The van der Waals surface area contributed by atoms with Crippen LogP contribution in [0.4, 0.5) is 0 Å². The number of aryl methyl sites for hydroxylation is 2. The molecule has 27 heavy (non-hydrogen) atoms. The number of aliphatic hydroxyl groups excluding tert-OH is 1. The number of ether oxygens (including phenoxy) is 2. The number of hydrogen-bond acceptors (Lipinski definition) is 6. The molecule has 0 unspecified atom stereocenters. The highest BCUT2D eigenvalue weighted by Gasteiger charge is 2.16. The van der Waals surface area contributed by atoms with E-state index in [9.17, 15) is 9.59 Å². The van der Waals surface area contributed by atoms with Gasteiger partial charge in [0.15, 0.2) is 11.2 Å². The van der Waals surface area contributed by atoms with Crippen molar-refractivity contribution in [2.24, 2.45) is 7.05 Å². The normalized spacial score (nSPS) is 11.2. The van der Waals surface area contributed by atoms with E-state index in [-0.39, 0.29) is 43.5 Å². The standard InChI is InChI=1S/C18H22N4O5/c1-12-4-3-5-13(10-12)11-27-17-19-14-15(20-17)21(2)18(25)22(16(14)24)6-8-26-9-7-23/h3-5,10,23H,6-9,11H2,1-2H3,(H,19,20). The molecule has 0 spiro atoms. The van der Waals surface area contributed by atoms with Gasteiger partial charge in [0.25, 0.3) is 11.6 Å². The number of fused-ring (bicyclic) bond motifs is 1. The van der Waals surface area contributed by atoms with Crippen molar-refractivity contribution < 1.29 is 14.6 Å². The van der Waals surface area contributed by atoms with E-state index in [4.69, 9.17) is 14.6 Å². The number of aliphatic hydroxyl groups is 1. The Morgan fingerprint density at radius 1 is 1.26 bits per heavy atom. The Balaban J connectivity index is 1.85. The van der Waals surface area contributed by atoms with E-state index < -0.39 is 11.2 Å². The molecule has 2 heterocycles. The van der Waals surface area contributed by atoms with Crippen LogP contribution in [0.25, 0.3) is 11.2 Å². The van der Waals surface area contributed by atoms with Crippen LogP contribution in [0.2, 0.25) is 0 Å². The van der Waals surface area contributed by atoms with Crippen LogP contribution >= 0.6 is 0 Å². The van der Waals surface area contributed by atoms with Crippen LogP contribution < -0.4 is 16.0 Å². The summed E-state index contributed by atoms with van der Waals surface area (Å²) in [6.07, 6.45) is 0. The van der Waals surface area contributed by atoms with E-state index in [0.29, 0.717) is 6.61 Å². The fourth-order valence-electron chi connectivity index (χ4n) is 2.77. The van der Waals surface area contributed by atoms with Crippen LogP contribution in [0.3, 0.4) is 0 Å². The topological polar surface area (TPSA) is 111 Å². The van der Waals surface area contributed by atoms with Crippen molar-refractivity contribution in [3.8, 4) is 6.01 Å². The van der Waals surface area contributed by atoms with Crippen LogP contribution in [0.15, 0.2) is 33.9 Å². The van der Waals surface area contributed by atoms with Crippen molar-refractivity contribution in [3.05, 3.63) is 56.2 Å². The average molecular weight is 374 g/mol. The highest BCUT2D eigenvalue weighted by atomic mass is 16.5. The molecule has 0 bridgehead atoms. The van der Waals surface area contributed by atoms with Gasteiger partial charge < -0.3 is 19.6 Å². The quantitative estimate of drug-likeness (QED) is 0.549. The monoisotopic (exact) mass is 374 g/mol. The fraction of sp³-hybridized carbons (Fsp3) is 0.389. The molecule has 3 rings (SSSR count). The number of imidazole rings is 1. The van der Waals surface area contributed by atoms with Crippen LogP contribution in [-0.2, 0) is 24.9 Å². The van der Waals surface area contributed by atoms with E-state index >= 15 is 0 Å². The summed E-state index contributed by atoms with van der Waals surface area (Å²) in [5.41, 5.74) is 1.54. The summed E-state index contributed by atoms with van der Waals surface area (Å²) in [7, 11) is 1.54. The molecule has 0 aliphatic heterocycles. The Bertz CT molecular complexity index is 1050. The lowest BCUT2D eigenvalue weighted by Gasteiger charge is -2.07. The SMILES string of the molecule is Cc1cccc(COc2nc3c([nH]2)c(=O)n(CCOCCO)c(=O)n3C)c1. The Morgan fingerprint density at radius 3 is 2.81 bits per heavy atom. The van der Waals surface area contributed by atoms with Crippen molar-refractivity contribution >= 4 is 11.2 Å². The number of aromatic amines is 1. The smallest absolute Gasteiger partial charge is 0.332 e. The largest absolute Gasteiger partial charge is 0.460 e. The molecule has 0 saturated carbocycles. The van der Waals surface area contributed by atoms with Crippen molar-refractivity contribution in [2.45, 2.75) is 20.1 Å². The molecule has 0 atom stereocenters. The zero-order valence-corrected chi connectivity index (χ0v) is 15.3.